The minimum absolute atomic E-state index is 0.0562. The fourth-order valence-corrected chi connectivity index (χ4v) is 6.89. The number of benzene rings is 1. The van der Waals surface area contributed by atoms with E-state index in [1.54, 1.807) is 24.3 Å². The first-order valence-corrected chi connectivity index (χ1v) is 16.6. The quantitative estimate of drug-likeness (QED) is 0.286. The van der Waals surface area contributed by atoms with Crippen LogP contribution in [0.4, 0.5) is 19.4 Å². The predicted molar refractivity (Wildman–Crippen MR) is 168 cm³/mol. The van der Waals surface area contributed by atoms with Crippen LogP contribution in [0.25, 0.3) is 16.9 Å². The number of morpholine rings is 1. The lowest BCUT2D eigenvalue weighted by atomic mass is 9.83. The molecule has 12 heteroatoms. The zero-order valence-corrected chi connectivity index (χ0v) is 25.9. The molecule has 45 heavy (non-hydrogen) atoms. The van der Waals surface area contributed by atoms with E-state index in [4.69, 9.17) is 19.4 Å². The Labute approximate surface area is 263 Å². The maximum absolute atomic E-state index is 14.2. The molecular formula is C33H45F2N7O3. The summed E-state index contributed by atoms with van der Waals surface area (Å²) in [5.41, 5.74) is 1.11. The zero-order chi connectivity index (χ0) is 31.0. The molecule has 0 radical (unpaired) electrons. The fraction of sp³-hybridized carbons (Fsp3) is 0.636. The number of nitrogens with zero attached hydrogens (tertiary/aromatic N) is 5. The number of nitrogens with one attached hydrogen (secondary N) is 2. The van der Waals surface area contributed by atoms with Gasteiger partial charge in [0.25, 0.3) is 6.43 Å². The number of aryl methyl sites for hydroxylation is 1. The number of hydrogen-bond donors (Lipinski definition) is 2. The minimum Gasteiger partial charge on any atom is -0.381 e. The van der Waals surface area contributed by atoms with Crippen LogP contribution in [-0.2, 0) is 15.9 Å². The van der Waals surface area contributed by atoms with Crippen molar-refractivity contribution in [2.24, 2.45) is 11.8 Å². The number of fused-ring (bicyclic) bond motifs is 1. The van der Waals surface area contributed by atoms with Gasteiger partial charge in [-0.3, -0.25) is 4.57 Å². The third kappa shape index (κ3) is 8.26. The molecule has 0 bridgehead atoms. The van der Waals surface area contributed by atoms with Crippen molar-refractivity contribution in [3.63, 3.8) is 0 Å². The maximum Gasteiger partial charge on any atom is 0.315 e. The van der Waals surface area contributed by atoms with Gasteiger partial charge in [0.2, 0.25) is 0 Å². The van der Waals surface area contributed by atoms with Gasteiger partial charge in [-0.25, -0.2) is 28.5 Å². The van der Waals surface area contributed by atoms with Gasteiger partial charge in [0.05, 0.1) is 24.2 Å². The highest BCUT2D eigenvalue weighted by Gasteiger charge is 2.25. The van der Waals surface area contributed by atoms with Gasteiger partial charge in [-0.1, -0.05) is 18.6 Å². The highest BCUT2D eigenvalue weighted by atomic mass is 19.3. The monoisotopic (exact) mass is 625 g/mol. The first kappa shape index (κ1) is 31.6. The Bertz CT molecular complexity index is 1400. The number of para-hydroxylation sites is 2. The number of amides is 2. The van der Waals surface area contributed by atoms with Crippen LogP contribution < -0.4 is 15.5 Å². The van der Waals surface area contributed by atoms with E-state index >= 15 is 0 Å². The summed E-state index contributed by atoms with van der Waals surface area (Å²) in [5, 5.41) is 6.21. The second kappa shape index (κ2) is 15.3. The second-order valence-corrected chi connectivity index (χ2v) is 12.5. The maximum atomic E-state index is 14.2. The molecule has 4 heterocycles. The van der Waals surface area contributed by atoms with Crippen molar-refractivity contribution in [2.75, 3.05) is 51.0 Å². The number of halogens is 2. The fourth-order valence-electron chi connectivity index (χ4n) is 6.89. The van der Waals surface area contributed by atoms with Crippen molar-refractivity contribution in [3.8, 4) is 5.82 Å². The van der Waals surface area contributed by atoms with E-state index in [1.807, 2.05) is 6.07 Å². The Kier molecular flexibility index (Phi) is 10.7. The number of aromatic nitrogens is 4. The Morgan fingerprint density at radius 3 is 2.38 bits per heavy atom. The number of urea groups is 1. The molecule has 2 N–H and O–H groups in total. The molecule has 3 aliphatic rings. The Balaban J connectivity index is 1.04. The van der Waals surface area contributed by atoms with Gasteiger partial charge in [-0.15, -0.1) is 0 Å². The predicted octanol–water partition coefficient (Wildman–Crippen LogP) is 5.59. The van der Waals surface area contributed by atoms with Gasteiger partial charge in [-0.2, -0.15) is 0 Å². The lowest BCUT2D eigenvalue weighted by molar-refractivity contribution is 0.0641. The average Bonchev–Trinajstić information content (AvgIpc) is 3.47. The highest BCUT2D eigenvalue weighted by Crippen LogP contribution is 2.31. The molecular weight excluding hydrogens is 580 g/mol. The standard InChI is InChI=1S/C33H45F2N7O3/c34-31(35)32-38-26-5-1-2-6-27(26)42(32)30-22-29(41-16-20-45-21-17-41)39-28(40-30)7-3-4-23-8-10-25(11-9-23)37-33(43)36-15-12-24-13-18-44-19-14-24/h1-2,5-6,22-25,31H,3-4,7-21H2,(H2,36,37,43). The normalized spacial score (nSPS) is 21.4. The van der Waals surface area contributed by atoms with Crippen LogP contribution in [0, 0.1) is 11.8 Å². The van der Waals surface area contributed by atoms with Crippen molar-refractivity contribution in [1.29, 1.82) is 0 Å². The Morgan fingerprint density at radius 2 is 1.60 bits per heavy atom. The van der Waals surface area contributed by atoms with Gasteiger partial charge >= 0.3 is 6.03 Å². The average molecular weight is 626 g/mol. The molecule has 2 aromatic heterocycles. The summed E-state index contributed by atoms with van der Waals surface area (Å²) in [6, 6.07) is 9.12. The lowest BCUT2D eigenvalue weighted by Gasteiger charge is -2.29. The van der Waals surface area contributed by atoms with E-state index in [2.05, 4.69) is 20.5 Å². The van der Waals surface area contributed by atoms with Crippen LogP contribution in [0.3, 0.4) is 0 Å². The van der Waals surface area contributed by atoms with Crippen LogP contribution >= 0.6 is 0 Å². The summed E-state index contributed by atoms with van der Waals surface area (Å²) in [7, 11) is 0. The molecule has 1 saturated carbocycles. The van der Waals surface area contributed by atoms with Crippen LogP contribution in [0.15, 0.2) is 30.3 Å². The Morgan fingerprint density at radius 1 is 0.889 bits per heavy atom. The number of alkyl halides is 2. The largest absolute Gasteiger partial charge is 0.381 e. The number of anilines is 1. The molecule has 3 fully saturated rings. The smallest absolute Gasteiger partial charge is 0.315 e. The molecule has 3 aromatic rings. The summed E-state index contributed by atoms with van der Waals surface area (Å²) < 4.78 is 40.7. The number of ether oxygens (including phenoxy) is 2. The van der Waals surface area contributed by atoms with Gasteiger partial charge in [0, 0.05) is 51.4 Å². The summed E-state index contributed by atoms with van der Waals surface area (Å²) in [6.45, 7) is 4.95. The third-order valence-electron chi connectivity index (χ3n) is 9.47. The molecule has 2 amide bonds. The molecule has 0 atom stereocenters. The molecule has 10 nitrogen and oxygen atoms in total. The lowest BCUT2D eigenvalue weighted by Crippen LogP contribution is -2.44. The first-order valence-electron chi connectivity index (χ1n) is 16.6. The molecule has 0 spiro atoms. The van der Waals surface area contributed by atoms with Crippen molar-refractivity contribution in [2.45, 2.75) is 76.7 Å². The number of hydrogen-bond acceptors (Lipinski definition) is 7. The van der Waals surface area contributed by atoms with Crippen molar-refractivity contribution in [1.82, 2.24) is 30.2 Å². The first-order chi connectivity index (χ1) is 22.0. The zero-order valence-electron chi connectivity index (χ0n) is 25.9. The molecule has 1 aliphatic carbocycles. The van der Waals surface area contributed by atoms with Crippen LogP contribution in [-0.4, -0.2) is 77.7 Å². The summed E-state index contributed by atoms with van der Waals surface area (Å²) in [5.74, 6) is 2.72. The third-order valence-corrected chi connectivity index (χ3v) is 9.47. The summed E-state index contributed by atoms with van der Waals surface area (Å²) in [4.78, 5) is 28.5. The summed E-state index contributed by atoms with van der Waals surface area (Å²) >= 11 is 0. The molecule has 6 rings (SSSR count). The Hall–Kier alpha value is -3.38. The van der Waals surface area contributed by atoms with Crippen LogP contribution in [0.2, 0.25) is 0 Å². The van der Waals surface area contributed by atoms with Crippen molar-refractivity contribution in [3.05, 3.63) is 42.0 Å². The van der Waals surface area contributed by atoms with Crippen LogP contribution in [0.1, 0.15) is 75.9 Å². The second-order valence-electron chi connectivity index (χ2n) is 12.5. The number of imidazole rings is 1. The van der Waals surface area contributed by atoms with E-state index in [0.29, 0.717) is 73.8 Å². The van der Waals surface area contributed by atoms with Crippen molar-refractivity contribution >= 4 is 22.9 Å². The molecule has 1 aromatic carbocycles. The van der Waals surface area contributed by atoms with Gasteiger partial charge < -0.3 is 25.0 Å². The molecule has 244 valence electrons. The topological polar surface area (TPSA) is 106 Å². The van der Waals surface area contributed by atoms with E-state index in [0.717, 1.165) is 76.8 Å². The van der Waals surface area contributed by atoms with Crippen LogP contribution in [0.5, 0.6) is 0 Å². The minimum atomic E-state index is -2.74. The van der Waals surface area contributed by atoms with E-state index in [1.165, 1.54) is 4.57 Å². The molecule has 2 aliphatic heterocycles. The van der Waals surface area contributed by atoms with Crippen molar-refractivity contribution < 1.29 is 23.0 Å². The number of carbonyl (C=O) groups excluding carboxylic acids is 1. The molecule has 0 unspecified atom stereocenters. The summed E-state index contributed by atoms with van der Waals surface area (Å²) in [6.07, 6.45) is 7.17. The number of carbonyl (C=O) groups is 1. The highest BCUT2D eigenvalue weighted by molar-refractivity contribution is 5.78. The van der Waals surface area contributed by atoms with Gasteiger partial charge in [-0.05, 0) is 75.3 Å². The SMILES string of the molecule is O=C(NCCC1CCOCC1)NC1CCC(CCCc2nc(N3CCOCC3)cc(-n3c(C(F)F)nc4ccccc43)n2)CC1. The van der Waals surface area contributed by atoms with E-state index < -0.39 is 6.43 Å². The van der Waals surface area contributed by atoms with E-state index in [9.17, 15) is 13.6 Å². The van der Waals surface area contributed by atoms with E-state index in [-0.39, 0.29) is 17.9 Å². The molecule has 2 saturated heterocycles. The number of rotatable bonds is 11. The van der Waals surface area contributed by atoms with Gasteiger partial charge in [0.15, 0.2) is 5.82 Å². The van der Waals surface area contributed by atoms with Gasteiger partial charge in [0.1, 0.15) is 17.5 Å².